The van der Waals surface area contributed by atoms with E-state index in [1.54, 1.807) is 11.1 Å². The first kappa shape index (κ1) is 18.4. The zero-order chi connectivity index (χ0) is 18.5. The molecule has 3 rings (SSSR count). The van der Waals surface area contributed by atoms with E-state index in [0.717, 1.165) is 23.1 Å². The number of benzene rings is 2. The topological polar surface area (TPSA) is 45.0 Å². The van der Waals surface area contributed by atoms with Crippen LogP contribution < -0.4 is 0 Å². The molecule has 1 saturated heterocycles. The number of amidine groups is 1. The molecule has 0 spiro atoms. The molecule has 0 aliphatic carbocycles. The van der Waals surface area contributed by atoms with E-state index in [4.69, 9.17) is 0 Å². The monoisotopic (exact) mass is 365 g/mol. The van der Waals surface area contributed by atoms with Gasteiger partial charge in [0.25, 0.3) is 0 Å². The molecular weight excluding hydrogens is 342 g/mol. The van der Waals surface area contributed by atoms with Gasteiger partial charge in [-0.15, -0.1) is 5.10 Å². The van der Waals surface area contributed by atoms with Crippen LogP contribution in [0, 0.1) is 13.8 Å². The van der Waals surface area contributed by atoms with Crippen molar-refractivity contribution in [1.29, 1.82) is 0 Å². The van der Waals surface area contributed by atoms with Crippen LogP contribution in [0.25, 0.3) is 0 Å². The van der Waals surface area contributed by atoms with Gasteiger partial charge >= 0.3 is 0 Å². The number of nitrogens with zero attached hydrogens (tertiary/aromatic N) is 3. The maximum absolute atomic E-state index is 12.6. The number of rotatable bonds is 5. The van der Waals surface area contributed by atoms with Crippen molar-refractivity contribution in [2.24, 2.45) is 10.2 Å². The Bertz CT molecular complexity index is 846. The Hall–Kier alpha value is -2.40. The summed E-state index contributed by atoms with van der Waals surface area (Å²) in [5, 5.41) is 9.22. The Morgan fingerprint density at radius 2 is 1.92 bits per heavy atom. The number of hydrogen-bond donors (Lipinski definition) is 0. The highest BCUT2D eigenvalue weighted by molar-refractivity contribution is 8.15. The average Bonchev–Trinajstić information content (AvgIpc) is 2.93. The lowest BCUT2D eigenvalue weighted by molar-refractivity contribution is -0.126. The molecule has 1 aliphatic rings. The predicted octanol–water partition coefficient (Wildman–Crippen LogP) is 4.55. The molecule has 5 heteroatoms. The van der Waals surface area contributed by atoms with Gasteiger partial charge in [-0.05, 0) is 37.0 Å². The first-order valence-corrected chi connectivity index (χ1v) is 9.66. The van der Waals surface area contributed by atoms with Crippen LogP contribution in [-0.4, -0.2) is 27.4 Å². The highest BCUT2D eigenvalue weighted by Crippen LogP contribution is 2.30. The Labute approximate surface area is 159 Å². The van der Waals surface area contributed by atoms with Crippen LogP contribution in [0.3, 0.4) is 0 Å². The minimum atomic E-state index is -0.0752. The van der Waals surface area contributed by atoms with Crippen molar-refractivity contribution in [3.63, 3.8) is 0 Å². The standard InChI is InChI=1S/C21H23N3OS/c1-4-19-20(25)24(14-17-8-6-5-7-9-17)21(26-19)23-22-13-18-11-10-15(2)12-16(18)3/h5-13,19H,4,14H2,1-3H3/b22-13+,23-21-. The molecule has 1 heterocycles. The van der Waals surface area contributed by atoms with Crippen LogP contribution in [0.5, 0.6) is 0 Å². The van der Waals surface area contributed by atoms with E-state index in [0.29, 0.717) is 11.7 Å². The van der Waals surface area contributed by atoms with E-state index in [2.05, 4.69) is 36.2 Å². The van der Waals surface area contributed by atoms with E-state index in [1.165, 1.54) is 17.3 Å². The van der Waals surface area contributed by atoms with Crippen LogP contribution in [0.4, 0.5) is 0 Å². The van der Waals surface area contributed by atoms with E-state index in [-0.39, 0.29) is 11.2 Å². The van der Waals surface area contributed by atoms with Gasteiger partial charge in [-0.2, -0.15) is 5.10 Å². The first-order valence-electron chi connectivity index (χ1n) is 8.78. The molecule has 2 aromatic carbocycles. The Morgan fingerprint density at radius 1 is 1.15 bits per heavy atom. The van der Waals surface area contributed by atoms with E-state index in [1.807, 2.05) is 43.3 Å². The summed E-state index contributed by atoms with van der Waals surface area (Å²) in [6.07, 6.45) is 2.54. The van der Waals surface area contributed by atoms with E-state index >= 15 is 0 Å². The molecule has 26 heavy (non-hydrogen) atoms. The van der Waals surface area contributed by atoms with Crippen LogP contribution in [-0.2, 0) is 11.3 Å². The van der Waals surface area contributed by atoms with Crippen LogP contribution in [0.2, 0.25) is 0 Å². The molecule has 2 aromatic rings. The lowest BCUT2D eigenvalue weighted by Crippen LogP contribution is -2.31. The smallest absolute Gasteiger partial charge is 0.242 e. The molecule has 1 unspecified atom stereocenters. The largest absolute Gasteiger partial charge is 0.284 e. The zero-order valence-corrected chi connectivity index (χ0v) is 16.2. The van der Waals surface area contributed by atoms with Crippen molar-refractivity contribution in [2.45, 2.75) is 39.0 Å². The third-order valence-corrected chi connectivity index (χ3v) is 5.67. The minimum Gasteiger partial charge on any atom is -0.284 e. The summed E-state index contributed by atoms with van der Waals surface area (Å²) in [6.45, 7) is 6.69. The number of aryl methyl sites for hydroxylation is 2. The summed E-state index contributed by atoms with van der Waals surface area (Å²) in [6, 6.07) is 16.2. The second kappa shape index (κ2) is 8.32. The number of carbonyl (C=O) groups excluding carboxylic acids is 1. The Balaban J connectivity index is 1.81. The highest BCUT2D eigenvalue weighted by atomic mass is 32.2. The van der Waals surface area contributed by atoms with Gasteiger partial charge in [-0.25, -0.2) is 0 Å². The Morgan fingerprint density at radius 3 is 2.62 bits per heavy atom. The fraction of sp³-hybridized carbons (Fsp3) is 0.286. The molecule has 4 nitrogen and oxygen atoms in total. The van der Waals surface area contributed by atoms with Gasteiger partial charge in [0.2, 0.25) is 5.91 Å². The molecule has 1 amide bonds. The van der Waals surface area contributed by atoms with Gasteiger partial charge in [0, 0.05) is 0 Å². The lowest BCUT2D eigenvalue weighted by Gasteiger charge is -2.15. The van der Waals surface area contributed by atoms with Gasteiger partial charge in [0.15, 0.2) is 5.17 Å². The second-order valence-corrected chi connectivity index (χ2v) is 7.58. The predicted molar refractivity (Wildman–Crippen MR) is 110 cm³/mol. The summed E-state index contributed by atoms with van der Waals surface area (Å²) in [5.74, 6) is 0.113. The third-order valence-electron chi connectivity index (χ3n) is 4.34. The fourth-order valence-electron chi connectivity index (χ4n) is 2.87. The van der Waals surface area contributed by atoms with Crippen molar-refractivity contribution in [1.82, 2.24) is 4.90 Å². The molecule has 1 atom stereocenters. The Kier molecular flexibility index (Phi) is 5.89. The number of carbonyl (C=O) groups is 1. The molecule has 1 aliphatic heterocycles. The zero-order valence-electron chi connectivity index (χ0n) is 15.3. The highest BCUT2D eigenvalue weighted by Gasteiger charge is 2.36. The van der Waals surface area contributed by atoms with Crippen molar-refractivity contribution < 1.29 is 4.79 Å². The molecule has 0 radical (unpaired) electrons. The molecular formula is C21H23N3OS. The summed E-state index contributed by atoms with van der Waals surface area (Å²) in [5.41, 5.74) is 4.51. The summed E-state index contributed by atoms with van der Waals surface area (Å²) in [7, 11) is 0. The van der Waals surface area contributed by atoms with Crippen LogP contribution in [0.15, 0.2) is 58.7 Å². The quantitative estimate of drug-likeness (QED) is 0.576. The summed E-state index contributed by atoms with van der Waals surface area (Å²) >= 11 is 1.50. The maximum Gasteiger partial charge on any atom is 0.242 e. The number of amides is 1. The SMILES string of the molecule is CCC1S/C(=N\N=C\c2ccc(C)cc2C)N(Cc2ccccc2)C1=O. The van der Waals surface area contributed by atoms with Crippen molar-refractivity contribution in [2.75, 3.05) is 0 Å². The maximum atomic E-state index is 12.6. The molecule has 134 valence electrons. The minimum absolute atomic E-state index is 0.0752. The van der Waals surface area contributed by atoms with Gasteiger partial charge in [0.05, 0.1) is 18.0 Å². The number of hydrogen-bond acceptors (Lipinski definition) is 4. The van der Waals surface area contributed by atoms with Crippen molar-refractivity contribution in [3.05, 3.63) is 70.8 Å². The third kappa shape index (κ3) is 4.22. The lowest BCUT2D eigenvalue weighted by atomic mass is 10.1. The molecule has 0 bridgehead atoms. The van der Waals surface area contributed by atoms with E-state index < -0.39 is 0 Å². The van der Waals surface area contributed by atoms with E-state index in [9.17, 15) is 4.79 Å². The second-order valence-electron chi connectivity index (χ2n) is 6.41. The molecule has 0 aromatic heterocycles. The van der Waals surface area contributed by atoms with Crippen molar-refractivity contribution >= 4 is 29.1 Å². The molecule has 1 fully saturated rings. The van der Waals surface area contributed by atoms with Gasteiger partial charge < -0.3 is 0 Å². The molecule has 0 saturated carbocycles. The molecule has 0 N–H and O–H groups in total. The van der Waals surface area contributed by atoms with Crippen molar-refractivity contribution in [3.8, 4) is 0 Å². The van der Waals surface area contributed by atoms with Gasteiger partial charge in [0.1, 0.15) is 0 Å². The fourth-order valence-corrected chi connectivity index (χ4v) is 3.89. The summed E-state index contributed by atoms with van der Waals surface area (Å²) in [4.78, 5) is 14.4. The van der Waals surface area contributed by atoms with Crippen LogP contribution >= 0.6 is 11.8 Å². The first-order chi connectivity index (χ1) is 12.6. The summed E-state index contributed by atoms with van der Waals surface area (Å²) < 4.78 is 0. The van der Waals surface area contributed by atoms with Crippen LogP contribution in [0.1, 0.15) is 35.6 Å². The van der Waals surface area contributed by atoms with Gasteiger partial charge in [-0.3, -0.25) is 9.69 Å². The normalized spacial score (nSPS) is 19.0. The average molecular weight is 366 g/mol. The van der Waals surface area contributed by atoms with Gasteiger partial charge in [-0.1, -0.05) is 72.8 Å². The number of thioether (sulfide) groups is 1.